The monoisotopic (exact) mass is 245 g/mol. The molecule has 0 aliphatic heterocycles. The molecule has 3 atom stereocenters. The van der Waals surface area contributed by atoms with E-state index < -0.39 is 17.3 Å². The van der Waals surface area contributed by atoms with Crippen molar-refractivity contribution in [2.45, 2.75) is 19.1 Å². The minimum atomic E-state index is -2.07. The molecule has 2 N–H and O–H groups in total. The highest BCUT2D eigenvalue weighted by molar-refractivity contribution is 7.79. The van der Waals surface area contributed by atoms with Crippen molar-refractivity contribution in [2.75, 3.05) is 12.3 Å². The molecule has 1 aromatic rings. The van der Waals surface area contributed by atoms with Crippen LogP contribution in [0.3, 0.4) is 0 Å². The number of rotatable bonds is 6. The first-order chi connectivity index (χ1) is 7.59. The maximum atomic E-state index is 13.1. The fraction of sp³-hybridized carbons (Fsp3) is 0.455. The summed E-state index contributed by atoms with van der Waals surface area (Å²) in [6.45, 7) is 2.01. The van der Waals surface area contributed by atoms with E-state index in [4.69, 9.17) is 4.55 Å². The Balaban J connectivity index is 2.35. The molecule has 90 valence electrons. The van der Waals surface area contributed by atoms with E-state index in [1.54, 1.807) is 0 Å². The molecular weight excluding hydrogens is 229 g/mol. The Labute approximate surface area is 97.3 Å². The molecule has 5 heteroatoms. The summed E-state index contributed by atoms with van der Waals surface area (Å²) in [5.74, 6) is -0.339. The van der Waals surface area contributed by atoms with Gasteiger partial charge in [-0.1, -0.05) is 30.3 Å². The fourth-order valence-corrected chi connectivity index (χ4v) is 1.81. The van der Waals surface area contributed by atoms with Gasteiger partial charge in [-0.05, 0) is 12.5 Å². The number of nitrogens with one attached hydrogen (secondary N) is 1. The molecule has 0 spiro atoms. The van der Waals surface area contributed by atoms with Gasteiger partial charge in [0.2, 0.25) is 0 Å². The van der Waals surface area contributed by atoms with E-state index in [9.17, 15) is 8.60 Å². The van der Waals surface area contributed by atoms with E-state index in [2.05, 4.69) is 5.32 Å². The zero-order valence-corrected chi connectivity index (χ0v) is 9.91. The van der Waals surface area contributed by atoms with E-state index >= 15 is 0 Å². The predicted molar refractivity (Wildman–Crippen MR) is 63.4 cm³/mol. The molecule has 16 heavy (non-hydrogen) atoms. The van der Waals surface area contributed by atoms with Crippen LogP contribution in [0.15, 0.2) is 30.3 Å². The van der Waals surface area contributed by atoms with Crippen molar-refractivity contribution < 1.29 is 13.2 Å². The van der Waals surface area contributed by atoms with Crippen LogP contribution in [0, 0.1) is 0 Å². The minimum absolute atomic E-state index is 0.0339. The summed E-state index contributed by atoms with van der Waals surface area (Å²) in [5.41, 5.74) is 1.07. The highest BCUT2D eigenvalue weighted by Gasteiger charge is 2.12. The van der Waals surface area contributed by atoms with Crippen LogP contribution in [0.1, 0.15) is 18.5 Å². The summed E-state index contributed by atoms with van der Waals surface area (Å²) in [6.07, 6.45) is -1.29. The predicted octanol–water partition coefficient (Wildman–Crippen LogP) is 1.90. The normalized spacial score (nSPS) is 16.7. The molecule has 0 aliphatic rings. The topological polar surface area (TPSA) is 49.3 Å². The van der Waals surface area contributed by atoms with E-state index in [1.807, 2.05) is 37.3 Å². The molecule has 0 saturated carbocycles. The van der Waals surface area contributed by atoms with Gasteiger partial charge in [-0.3, -0.25) is 0 Å². The Kier molecular flexibility index (Phi) is 5.59. The van der Waals surface area contributed by atoms with Gasteiger partial charge in [0, 0.05) is 12.6 Å². The van der Waals surface area contributed by atoms with E-state index in [-0.39, 0.29) is 18.3 Å². The maximum Gasteiger partial charge on any atom is 0.155 e. The van der Waals surface area contributed by atoms with Crippen molar-refractivity contribution in [1.82, 2.24) is 5.32 Å². The average Bonchev–Trinajstić information content (AvgIpc) is 2.26. The highest BCUT2D eigenvalue weighted by Crippen LogP contribution is 2.11. The van der Waals surface area contributed by atoms with Crippen LogP contribution in [0.5, 0.6) is 0 Å². The van der Waals surface area contributed by atoms with Crippen molar-refractivity contribution in [3.8, 4) is 0 Å². The second kappa shape index (κ2) is 6.73. The summed E-state index contributed by atoms with van der Waals surface area (Å²) < 4.78 is 32.0. The lowest BCUT2D eigenvalue weighted by Gasteiger charge is -2.15. The lowest BCUT2D eigenvalue weighted by Crippen LogP contribution is -2.29. The average molecular weight is 245 g/mol. The third-order valence-corrected chi connectivity index (χ3v) is 2.92. The van der Waals surface area contributed by atoms with Crippen LogP contribution in [0.25, 0.3) is 0 Å². The van der Waals surface area contributed by atoms with Crippen LogP contribution in [0.4, 0.5) is 4.39 Å². The van der Waals surface area contributed by atoms with Gasteiger partial charge in [-0.25, -0.2) is 8.60 Å². The Hall–Kier alpha value is -0.780. The molecule has 3 nitrogen and oxygen atoms in total. The Bertz CT molecular complexity index is 334. The molecule has 1 aromatic carbocycles. The molecule has 0 fully saturated rings. The molecule has 0 radical (unpaired) electrons. The standard InChI is InChI=1S/C11H16FNO2S/c1-9(10-5-3-2-4-6-10)13-7-11(12)8-16(14)15/h2-6,9,11,13H,7-8H2,1H3,(H,14,15)/t9-,11?/m0/s1. The van der Waals surface area contributed by atoms with Crippen molar-refractivity contribution in [3.63, 3.8) is 0 Å². The summed E-state index contributed by atoms with van der Waals surface area (Å²) in [6, 6.07) is 9.70. The number of alkyl halides is 1. The summed E-state index contributed by atoms with van der Waals surface area (Å²) >= 11 is -2.07. The van der Waals surface area contributed by atoms with Crippen LogP contribution in [-0.2, 0) is 11.1 Å². The van der Waals surface area contributed by atoms with Gasteiger partial charge in [0.1, 0.15) is 6.17 Å². The van der Waals surface area contributed by atoms with Gasteiger partial charge in [-0.2, -0.15) is 0 Å². The Morgan fingerprint density at radius 3 is 2.62 bits per heavy atom. The fourth-order valence-electron chi connectivity index (χ4n) is 1.38. The second-order valence-corrected chi connectivity index (χ2v) is 4.60. The first-order valence-corrected chi connectivity index (χ1v) is 6.37. The van der Waals surface area contributed by atoms with Gasteiger partial charge in [0.25, 0.3) is 0 Å². The molecule has 0 aliphatic carbocycles. The lowest BCUT2D eigenvalue weighted by atomic mass is 10.1. The Morgan fingerprint density at radius 2 is 2.06 bits per heavy atom. The molecule has 1 rings (SSSR count). The van der Waals surface area contributed by atoms with Crippen molar-refractivity contribution in [2.24, 2.45) is 0 Å². The quantitative estimate of drug-likeness (QED) is 0.753. The van der Waals surface area contributed by atoms with E-state index in [0.717, 1.165) is 5.56 Å². The van der Waals surface area contributed by atoms with E-state index in [1.165, 1.54) is 0 Å². The van der Waals surface area contributed by atoms with Gasteiger partial charge < -0.3 is 9.87 Å². The third-order valence-electron chi connectivity index (χ3n) is 2.27. The van der Waals surface area contributed by atoms with Gasteiger partial charge in [0.05, 0.1) is 5.75 Å². The first kappa shape index (κ1) is 13.3. The number of hydrogen-bond donors (Lipinski definition) is 2. The van der Waals surface area contributed by atoms with Crippen LogP contribution in [0.2, 0.25) is 0 Å². The molecular formula is C11H16FNO2S. The molecule has 0 bridgehead atoms. The number of hydrogen-bond acceptors (Lipinski definition) is 2. The number of halogens is 1. The summed E-state index contributed by atoms with van der Waals surface area (Å²) in [4.78, 5) is 0. The summed E-state index contributed by atoms with van der Waals surface area (Å²) in [7, 11) is 0. The van der Waals surface area contributed by atoms with Crippen LogP contribution < -0.4 is 5.32 Å². The van der Waals surface area contributed by atoms with Crippen LogP contribution >= 0.6 is 0 Å². The zero-order chi connectivity index (χ0) is 12.0. The smallest absolute Gasteiger partial charge is 0.155 e. The zero-order valence-electron chi connectivity index (χ0n) is 9.10. The SMILES string of the molecule is C[C@H](NCC(F)CS(=O)O)c1ccccc1. The maximum absolute atomic E-state index is 13.1. The third kappa shape index (κ3) is 4.83. The van der Waals surface area contributed by atoms with Crippen molar-refractivity contribution >= 4 is 11.1 Å². The summed E-state index contributed by atoms with van der Waals surface area (Å²) in [5, 5.41) is 2.98. The van der Waals surface area contributed by atoms with Gasteiger partial charge in [0.15, 0.2) is 11.1 Å². The minimum Gasteiger partial charge on any atom is -0.307 e. The highest BCUT2D eigenvalue weighted by atomic mass is 32.2. The second-order valence-electron chi connectivity index (χ2n) is 3.63. The largest absolute Gasteiger partial charge is 0.307 e. The molecule has 0 heterocycles. The molecule has 0 aromatic heterocycles. The lowest BCUT2D eigenvalue weighted by molar-refractivity contribution is 0.333. The first-order valence-electron chi connectivity index (χ1n) is 5.09. The molecule has 2 unspecified atom stereocenters. The van der Waals surface area contributed by atoms with Crippen molar-refractivity contribution in [3.05, 3.63) is 35.9 Å². The van der Waals surface area contributed by atoms with Gasteiger partial charge in [-0.15, -0.1) is 0 Å². The van der Waals surface area contributed by atoms with E-state index in [0.29, 0.717) is 0 Å². The van der Waals surface area contributed by atoms with Gasteiger partial charge >= 0.3 is 0 Å². The van der Waals surface area contributed by atoms with Crippen LogP contribution in [-0.4, -0.2) is 27.2 Å². The molecule has 0 amide bonds. The number of benzene rings is 1. The van der Waals surface area contributed by atoms with Crippen molar-refractivity contribution in [1.29, 1.82) is 0 Å². The molecule has 0 saturated heterocycles. The Morgan fingerprint density at radius 1 is 1.44 bits per heavy atom.